The SMILES string of the molecule is CC(C)[C@@H](O)Cc1ccc(F)cc1. The lowest BCUT2D eigenvalue weighted by Crippen LogP contribution is -2.17. The first-order chi connectivity index (χ1) is 6.09. The molecule has 0 heterocycles. The van der Waals surface area contributed by atoms with E-state index in [1.807, 2.05) is 13.8 Å². The van der Waals surface area contributed by atoms with Gasteiger partial charge in [0.25, 0.3) is 0 Å². The van der Waals surface area contributed by atoms with Gasteiger partial charge >= 0.3 is 0 Å². The maximum absolute atomic E-state index is 12.5. The molecule has 0 spiro atoms. The third-order valence-electron chi connectivity index (χ3n) is 2.13. The molecule has 2 heteroatoms. The van der Waals surface area contributed by atoms with Crippen molar-refractivity contribution in [2.75, 3.05) is 0 Å². The van der Waals surface area contributed by atoms with Gasteiger partial charge in [0.15, 0.2) is 0 Å². The number of aliphatic hydroxyl groups is 1. The van der Waals surface area contributed by atoms with Crippen molar-refractivity contribution < 1.29 is 9.50 Å². The second-order valence-corrected chi connectivity index (χ2v) is 3.64. The van der Waals surface area contributed by atoms with Crippen molar-refractivity contribution in [3.63, 3.8) is 0 Å². The van der Waals surface area contributed by atoms with Gasteiger partial charge in [-0.1, -0.05) is 26.0 Å². The van der Waals surface area contributed by atoms with Gasteiger partial charge in [-0.3, -0.25) is 0 Å². The van der Waals surface area contributed by atoms with E-state index in [-0.39, 0.29) is 17.8 Å². The van der Waals surface area contributed by atoms with Crippen LogP contribution < -0.4 is 0 Å². The van der Waals surface area contributed by atoms with E-state index in [9.17, 15) is 9.50 Å². The lowest BCUT2D eigenvalue weighted by Gasteiger charge is -2.13. The van der Waals surface area contributed by atoms with Crippen LogP contribution in [0.3, 0.4) is 0 Å². The van der Waals surface area contributed by atoms with E-state index in [4.69, 9.17) is 0 Å². The minimum Gasteiger partial charge on any atom is -0.393 e. The predicted octanol–water partition coefficient (Wildman–Crippen LogP) is 2.39. The molecule has 0 aliphatic rings. The molecule has 0 unspecified atom stereocenters. The van der Waals surface area contributed by atoms with Crippen LogP contribution in [0.15, 0.2) is 24.3 Å². The third-order valence-corrected chi connectivity index (χ3v) is 2.13. The van der Waals surface area contributed by atoms with Crippen molar-refractivity contribution in [3.8, 4) is 0 Å². The summed E-state index contributed by atoms with van der Waals surface area (Å²) < 4.78 is 12.5. The second kappa shape index (κ2) is 4.38. The summed E-state index contributed by atoms with van der Waals surface area (Å²) in [4.78, 5) is 0. The molecule has 1 nitrogen and oxygen atoms in total. The van der Waals surface area contributed by atoms with E-state index in [0.29, 0.717) is 6.42 Å². The molecule has 1 aromatic rings. The van der Waals surface area contributed by atoms with Crippen molar-refractivity contribution >= 4 is 0 Å². The highest BCUT2D eigenvalue weighted by Gasteiger charge is 2.09. The Balaban J connectivity index is 2.59. The van der Waals surface area contributed by atoms with Gasteiger partial charge in [0.2, 0.25) is 0 Å². The molecule has 0 amide bonds. The van der Waals surface area contributed by atoms with E-state index in [1.165, 1.54) is 12.1 Å². The van der Waals surface area contributed by atoms with Crippen molar-refractivity contribution in [3.05, 3.63) is 35.6 Å². The van der Waals surface area contributed by atoms with E-state index in [0.717, 1.165) is 5.56 Å². The molecule has 0 fully saturated rings. The molecule has 0 radical (unpaired) electrons. The Morgan fingerprint density at radius 2 is 1.77 bits per heavy atom. The van der Waals surface area contributed by atoms with Gasteiger partial charge in [-0.25, -0.2) is 4.39 Å². The Kier molecular flexibility index (Phi) is 3.43. The minimum absolute atomic E-state index is 0.234. The molecular weight excluding hydrogens is 167 g/mol. The highest BCUT2D eigenvalue weighted by Crippen LogP contribution is 2.10. The van der Waals surface area contributed by atoms with E-state index < -0.39 is 0 Å². The van der Waals surface area contributed by atoms with Crippen LogP contribution in [-0.2, 0) is 6.42 Å². The summed E-state index contributed by atoms with van der Waals surface area (Å²) in [6.45, 7) is 3.93. The molecule has 1 atom stereocenters. The number of rotatable bonds is 3. The highest BCUT2D eigenvalue weighted by atomic mass is 19.1. The number of hydrogen-bond acceptors (Lipinski definition) is 1. The number of benzene rings is 1. The van der Waals surface area contributed by atoms with Crippen LogP contribution in [0.1, 0.15) is 19.4 Å². The average molecular weight is 182 g/mol. The molecule has 72 valence electrons. The third kappa shape index (κ3) is 3.15. The van der Waals surface area contributed by atoms with Crippen LogP contribution in [0.2, 0.25) is 0 Å². The fourth-order valence-corrected chi connectivity index (χ4v) is 1.10. The molecule has 1 N–H and O–H groups in total. The molecular formula is C11H15FO. The van der Waals surface area contributed by atoms with Crippen LogP contribution in [-0.4, -0.2) is 11.2 Å². The molecule has 0 bridgehead atoms. The number of hydrogen-bond donors (Lipinski definition) is 1. The number of aliphatic hydroxyl groups excluding tert-OH is 1. The van der Waals surface area contributed by atoms with Gasteiger partial charge in [0, 0.05) is 0 Å². The maximum Gasteiger partial charge on any atom is 0.123 e. The lowest BCUT2D eigenvalue weighted by molar-refractivity contribution is 0.125. The minimum atomic E-state index is -0.342. The summed E-state index contributed by atoms with van der Waals surface area (Å²) in [7, 11) is 0. The Bertz CT molecular complexity index is 253. The average Bonchev–Trinajstić information content (AvgIpc) is 2.08. The van der Waals surface area contributed by atoms with Crippen molar-refractivity contribution in [2.45, 2.75) is 26.4 Å². The summed E-state index contributed by atoms with van der Waals surface area (Å²) in [5.74, 6) is 0.00726. The van der Waals surface area contributed by atoms with Gasteiger partial charge in [-0.05, 0) is 30.0 Å². The fourth-order valence-electron chi connectivity index (χ4n) is 1.10. The van der Waals surface area contributed by atoms with Crippen LogP contribution in [0, 0.1) is 11.7 Å². The monoisotopic (exact) mass is 182 g/mol. The van der Waals surface area contributed by atoms with E-state index >= 15 is 0 Å². The molecule has 0 saturated carbocycles. The summed E-state index contributed by atoms with van der Waals surface area (Å²) in [6, 6.07) is 6.26. The highest BCUT2D eigenvalue weighted by molar-refractivity contribution is 5.16. The fraction of sp³-hybridized carbons (Fsp3) is 0.455. The van der Waals surface area contributed by atoms with E-state index in [1.54, 1.807) is 12.1 Å². The van der Waals surface area contributed by atoms with Crippen molar-refractivity contribution in [1.82, 2.24) is 0 Å². The van der Waals surface area contributed by atoms with Gasteiger partial charge in [0.05, 0.1) is 6.10 Å². The summed E-state index contributed by atoms with van der Waals surface area (Å²) >= 11 is 0. The van der Waals surface area contributed by atoms with Crippen LogP contribution >= 0.6 is 0 Å². The Hall–Kier alpha value is -0.890. The first-order valence-electron chi connectivity index (χ1n) is 4.52. The van der Waals surface area contributed by atoms with Crippen LogP contribution in [0.4, 0.5) is 4.39 Å². The summed E-state index contributed by atoms with van der Waals surface area (Å²) in [5, 5.41) is 9.56. The molecule has 0 aliphatic carbocycles. The molecule has 0 saturated heterocycles. The molecule has 1 aromatic carbocycles. The van der Waals surface area contributed by atoms with E-state index in [2.05, 4.69) is 0 Å². The lowest BCUT2D eigenvalue weighted by atomic mass is 9.99. The molecule has 1 rings (SSSR count). The normalized spacial score (nSPS) is 13.3. The standard InChI is InChI=1S/C11H15FO/c1-8(2)11(13)7-9-3-5-10(12)6-4-9/h3-6,8,11,13H,7H2,1-2H3/t11-/m0/s1. The van der Waals surface area contributed by atoms with Crippen molar-refractivity contribution in [2.24, 2.45) is 5.92 Å². The van der Waals surface area contributed by atoms with Gasteiger partial charge < -0.3 is 5.11 Å². The summed E-state index contributed by atoms with van der Waals surface area (Å²) in [5.41, 5.74) is 0.975. The first kappa shape index (κ1) is 10.2. The Labute approximate surface area is 78.2 Å². The number of halogens is 1. The predicted molar refractivity (Wildman–Crippen MR) is 50.9 cm³/mol. The molecule has 13 heavy (non-hydrogen) atoms. The topological polar surface area (TPSA) is 20.2 Å². The van der Waals surface area contributed by atoms with Gasteiger partial charge in [-0.15, -0.1) is 0 Å². The summed E-state index contributed by atoms with van der Waals surface area (Å²) in [6.07, 6.45) is 0.253. The van der Waals surface area contributed by atoms with Gasteiger partial charge in [-0.2, -0.15) is 0 Å². The van der Waals surface area contributed by atoms with Gasteiger partial charge in [0.1, 0.15) is 5.82 Å². The second-order valence-electron chi connectivity index (χ2n) is 3.64. The molecule has 0 aliphatic heterocycles. The molecule has 0 aromatic heterocycles. The maximum atomic E-state index is 12.5. The smallest absolute Gasteiger partial charge is 0.123 e. The van der Waals surface area contributed by atoms with Crippen LogP contribution in [0.5, 0.6) is 0 Å². The zero-order valence-electron chi connectivity index (χ0n) is 8.00. The Morgan fingerprint density at radius 3 is 2.23 bits per heavy atom. The van der Waals surface area contributed by atoms with Crippen molar-refractivity contribution in [1.29, 1.82) is 0 Å². The zero-order chi connectivity index (χ0) is 9.84. The van der Waals surface area contributed by atoms with Crippen LogP contribution in [0.25, 0.3) is 0 Å². The Morgan fingerprint density at radius 1 is 1.23 bits per heavy atom. The zero-order valence-corrected chi connectivity index (χ0v) is 8.00. The largest absolute Gasteiger partial charge is 0.393 e. The quantitative estimate of drug-likeness (QED) is 0.761. The first-order valence-corrected chi connectivity index (χ1v) is 4.52.